The minimum Gasteiger partial charge on any atom is -0.460 e. The van der Waals surface area contributed by atoms with Crippen molar-refractivity contribution in [2.75, 3.05) is 13.2 Å². The molecule has 1 amide bonds. The second-order valence-corrected chi connectivity index (χ2v) is 7.28. The summed E-state index contributed by atoms with van der Waals surface area (Å²) in [5.41, 5.74) is 5.68. The Labute approximate surface area is 147 Å². The fraction of sp³-hybridized carbons (Fsp3) is 0.556. The number of nitrogens with two attached hydrogens (primary N) is 1. The van der Waals surface area contributed by atoms with Crippen LogP contribution in [0, 0.1) is 0 Å². The Kier molecular flexibility index (Phi) is 6.02. The molecular formula is C18H26N2O5. The van der Waals surface area contributed by atoms with Crippen molar-refractivity contribution >= 4 is 12.1 Å². The van der Waals surface area contributed by atoms with E-state index in [0.29, 0.717) is 0 Å². The van der Waals surface area contributed by atoms with E-state index in [9.17, 15) is 9.59 Å². The summed E-state index contributed by atoms with van der Waals surface area (Å²) in [7, 11) is 0. The maximum Gasteiger partial charge on any atom is 0.407 e. The number of amides is 1. The van der Waals surface area contributed by atoms with Crippen molar-refractivity contribution in [3.05, 3.63) is 35.9 Å². The van der Waals surface area contributed by atoms with Crippen molar-refractivity contribution in [1.29, 1.82) is 0 Å². The quantitative estimate of drug-likeness (QED) is 0.758. The molecule has 1 fully saturated rings. The molecule has 0 aromatic heterocycles. The lowest BCUT2D eigenvalue weighted by Gasteiger charge is -2.43. The predicted molar refractivity (Wildman–Crippen MR) is 91.8 cm³/mol. The van der Waals surface area contributed by atoms with Gasteiger partial charge in [-0.15, -0.1) is 0 Å². The van der Waals surface area contributed by atoms with E-state index >= 15 is 0 Å². The summed E-state index contributed by atoms with van der Waals surface area (Å²) in [4.78, 5) is 24.2. The fourth-order valence-corrected chi connectivity index (χ4v) is 2.39. The summed E-state index contributed by atoms with van der Waals surface area (Å²) in [5, 5.41) is 2.68. The average molecular weight is 350 g/mol. The van der Waals surface area contributed by atoms with Crippen molar-refractivity contribution < 1.29 is 23.8 Å². The van der Waals surface area contributed by atoms with Gasteiger partial charge in [0.15, 0.2) is 0 Å². The van der Waals surface area contributed by atoms with Crippen LogP contribution in [-0.4, -0.2) is 42.5 Å². The van der Waals surface area contributed by atoms with Gasteiger partial charge in [-0.25, -0.2) is 4.79 Å². The summed E-state index contributed by atoms with van der Waals surface area (Å²) in [6.07, 6.45) is -0.675. The highest BCUT2D eigenvalue weighted by molar-refractivity contribution is 5.73. The van der Waals surface area contributed by atoms with Crippen molar-refractivity contribution in [2.24, 2.45) is 5.73 Å². The number of carbonyl (C=O) groups excluding carboxylic acids is 2. The van der Waals surface area contributed by atoms with E-state index < -0.39 is 29.2 Å². The van der Waals surface area contributed by atoms with Gasteiger partial charge >= 0.3 is 12.1 Å². The summed E-state index contributed by atoms with van der Waals surface area (Å²) >= 11 is 0. The van der Waals surface area contributed by atoms with Gasteiger partial charge in [-0.1, -0.05) is 30.3 Å². The number of esters is 1. The van der Waals surface area contributed by atoms with Gasteiger partial charge < -0.3 is 25.3 Å². The molecule has 2 rings (SSSR count). The van der Waals surface area contributed by atoms with E-state index in [-0.39, 0.29) is 26.2 Å². The SMILES string of the molecule is CC(C)(C)OC(=O)C[C@H](NC(=O)OCc1ccccc1)C1(N)COC1. The molecule has 138 valence electrons. The van der Waals surface area contributed by atoms with Crippen molar-refractivity contribution in [3.8, 4) is 0 Å². The first-order valence-electron chi connectivity index (χ1n) is 8.24. The maximum atomic E-state index is 12.1. The molecule has 0 aliphatic carbocycles. The second-order valence-electron chi connectivity index (χ2n) is 7.28. The Morgan fingerprint density at radius 3 is 2.44 bits per heavy atom. The first kappa shape index (κ1) is 19.2. The molecule has 1 aromatic carbocycles. The van der Waals surface area contributed by atoms with Gasteiger partial charge in [0.25, 0.3) is 0 Å². The molecule has 0 unspecified atom stereocenters. The third kappa shape index (κ3) is 6.03. The third-order valence-electron chi connectivity index (χ3n) is 3.73. The number of rotatable bonds is 6. The molecule has 1 aromatic rings. The molecule has 0 radical (unpaired) electrons. The Morgan fingerprint density at radius 1 is 1.28 bits per heavy atom. The van der Waals surface area contributed by atoms with Crippen molar-refractivity contribution in [1.82, 2.24) is 5.32 Å². The van der Waals surface area contributed by atoms with Gasteiger partial charge in [-0.2, -0.15) is 0 Å². The fourth-order valence-electron chi connectivity index (χ4n) is 2.39. The summed E-state index contributed by atoms with van der Waals surface area (Å²) in [5.74, 6) is -0.433. The van der Waals surface area contributed by atoms with Gasteiger partial charge in [0.2, 0.25) is 0 Å². The monoisotopic (exact) mass is 350 g/mol. The number of ether oxygens (including phenoxy) is 3. The zero-order chi connectivity index (χ0) is 18.5. The Hall–Kier alpha value is -2.12. The molecule has 0 saturated carbocycles. The number of benzene rings is 1. The average Bonchev–Trinajstić information content (AvgIpc) is 2.49. The van der Waals surface area contributed by atoms with Crippen LogP contribution in [0.15, 0.2) is 30.3 Å². The standard InChI is InChI=1S/C18H26N2O5/c1-17(2,3)25-15(21)9-14(18(19)11-23-12-18)20-16(22)24-10-13-7-5-4-6-8-13/h4-8,14H,9-12,19H2,1-3H3,(H,20,22)/t14-/m0/s1. The lowest BCUT2D eigenvalue weighted by atomic mass is 9.87. The normalized spacial score (nSPS) is 17.1. The molecule has 1 aliphatic heterocycles. The zero-order valence-corrected chi connectivity index (χ0v) is 14.9. The molecular weight excluding hydrogens is 324 g/mol. The molecule has 25 heavy (non-hydrogen) atoms. The van der Waals surface area contributed by atoms with Gasteiger partial charge in [0.1, 0.15) is 12.2 Å². The largest absolute Gasteiger partial charge is 0.460 e. The molecule has 1 atom stereocenters. The molecule has 1 aliphatic rings. The summed E-state index contributed by atoms with van der Waals surface area (Å²) < 4.78 is 15.7. The maximum absolute atomic E-state index is 12.1. The highest BCUT2D eigenvalue weighted by Gasteiger charge is 2.44. The lowest BCUT2D eigenvalue weighted by Crippen LogP contribution is -2.70. The van der Waals surface area contributed by atoms with E-state index in [1.807, 2.05) is 30.3 Å². The highest BCUT2D eigenvalue weighted by Crippen LogP contribution is 2.22. The number of alkyl carbamates (subject to hydrolysis) is 1. The molecule has 7 heteroatoms. The number of carbonyl (C=O) groups is 2. The highest BCUT2D eigenvalue weighted by atomic mass is 16.6. The lowest BCUT2D eigenvalue weighted by molar-refractivity contribution is -0.157. The molecule has 0 bridgehead atoms. The van der Waals surface area contributed by atoms with Crippen LogP contribution in [0.4, 0.5) is 4.79 Å². The second kappa shape index (κ2) is 7.84. The third-order valence-corrected chi connectivity index (χ3v) is 3.73. The number of hydrogen-bond acceptors (Lipinski definition) is 6. The molecule has 1 saturated heterocycles. The van der Waals surface area contributed by atoms with Crippen LogP contribution < -0.4 is 11.1 Å². The first-order valence-corrected chi connectivity index (χ1v) is 8.24. The Bertz CT molecular complexity index is 593. The van der Waals surface area contributed by atoms with Crippen LogP contribution in [0.3, 0.4) is 0 Å². The van der Waals surface area contributed by atoms with E-state index in [0.717, 1.165) is 5.56 Å². The van der Waals surface area contributed by atoms with Crippen LogP contribution in [0.1, 0.15) is 32.8 Å². The number of nitrogens with one attached hydrogen (secondary N) is 1. The van der Waals surface area contributed by atoms with E-state index in [1.165, 1.54) is 0 Å². The van der Waals surface area contributed by atoms with Gasteiger partial charge in [-0.05, 0) is 26.3 Å². The van der Waals surface area contributed by atoms with Crippen LogP contribution >= 0.6 is 0 Å². The van der Waals surface area contributed by atoms with Crippen molar-refractivity contribution in [3.63, 3.8) is 0 Å². The van der Waals surface area contributed by atoms with Gasteiger partial charge in [0.05, 0.1) is 31.2 Å². The molecule has 3 N–H and O–H groups in total. The van der Waals surface area contributed by atoms with Gasteiger partial charge in [-0.3, -0.25) is 4.79 Å². The van der Waals surface area contributed by atoms with Crippen molar-refractivity contribution in [2.45, 2.75) is 51.0 Å². The summed E-state index contributed by atoms with van der Waals surface area (Å²) in [6.45, 7) is 6.02. The molecule has 7 nitrogen and oxygen atoms in total. The first-order chi connectivity index (χ1) is 11.7. The Balaban J connectivity index is 1.91. The summed E-state index contributed by atoms with van der Waals surface area (Å²) in [6, 6.07) is 8.70. The van der Waals surface area contributed by atoms with E-state index in [4.69, 9.17) is 19.9 Å². The Morgan fingerprint density at radius 2 is 1.92 bits per heavy atom. The molecule has 0 spiro atoms. The van der Waals surface area contributed by atoms with Crippen LogP contribution in [0.5, 0.6) is 0 Å². The predicted octanol–water partition coefficient (Wildman–Crippen LogP) is 1.74. The number of hydrogen-bond donors (Lipinski definition) is 2. The zero-order valence-electron chi connectivity index (χ0n) is 14.9. The van der Waals surface area contributed by atoms with Gasteiger partial charge in [0, 0.05) is 0 Å². The smallest absolute Gasteiger partial charge is 0.407 e. The topological polar surface area (TPSA) is 99.9 Å². The van der Waals surface area contributed by atoms with E-state index in [1.54, 1.807) is 20.8 Å². The van der Waals surface area contributed by atoms with E-state index in [2.05, 4.69) is 5.32 Å². The van der Waals surface area contributed by atoms with Crippen LogP contribution in [-0.2, 0) is 25.6 Å². The van der Waals surface area contributed by atoms with Crippen LogP contribution in [0.25, 0.3) is 0 Å². The minimum atomic E-state index is -0.803. The minimum absolute atomic E-state index is 0.0441. The van der Waals surface area contributed by atoms with Crippen LogP contribution in [0.2, 0.25) is 0 Å². The molecule has 1 heterocycles.